The number of aliphatic hydroxyl groups is 1. The van der Waals surface area contributed by atoms with Crippen LogP contribution in [-0.4, -0.2) is 23.7 Å². The normalized spacial score (nSPS) is 18.7. The first-order valence-electron chi connectivity index (χ1n) is 7.67. The number of amides is 1. The van der Waals surface area contributed by atoms with Gasteiger partial charge in [0.05, 0.1) is 6.10 Å². The number of benzene rings is 1. The summed E-state index contributed by atoms with van der Waals surface area (Å²) in [6.45, 7) is 2.42. The van der Waals surface area contributed by atoms with Gasteiger partial charge in [0.15, 0.2) is 0 Å². The maximum absolute atomic E-state index is 12.1. The summed E-state index contributed by atoms with van der Waals surface area (Å²) in [5.74, 6) is 0.577. The van der Waals surface area contributed by atoms with E-state index in [9.17, 15) is 9.90 Å². The van der Waals surface area contributed by atoms with Gasteiger partial charge in [0.2, 0.25) is 5.91 Å². The van der Waals surface area contributed by atoms with Crippen molar-refractivity contribution in [1.82, 2.24) is 5.32 Å². The molecule has 1 fully saturated rings. The van der Waals surface area contributed by atoms with Gasteiger partial charge in [-0.2, -0.15) is 0 Å². The van der Waals surface area contributed by atoms with Gasteiger partial charge in [-0.15, -0.1) is 0 Å². The largest absolute Gasteiger partial charge is 0.393 e. The van der Waals surface area contributed by atoms with Gasteiger partial charge in [-0.05, 0) is 31.7 Å². The summed E-state index contributed by atoms with van der Waals surface area (Å²) in [7, 11) is 0. The molecule has 0 aliphatic heterocycles. The van der Waals surface area contributed by atoms with Crippen LogP contribution in [-0.2, 0) is 4.79 Å². The predicted molar refractivity (Wildman–Crippen MR) is 80.4 cm³/mol. The molecule has 0 aromatic heterocycles. The van der Waals surface area contributed by atoms with E-state index in [-0.39, 0.29) is 23.8 Å². The van der Waals surface area contributed by atoms with Crippen molar-refractivity contribution in [2.45, 2.75) is 51.0 Å². The van der Waals surface area contributed by atoms with Crippen molar-refractivity contribution >= 4 is 5.91 Å². The van der Waals surface area contributed by atoms with Gasteiger partial charge in [-0.1, -0.05) is 43.2 Å². The second-order valence-corrected chi connectivity index (χ2v) is 5.92. The molecule has 0 heterocycles. The molecule has 0 bridgehead atoms. The fourth-order valence-corrected chi connectivity index (χ4v) is 3.03. The summed E-state index contributed by atoms with van der Waals surface area (Å²) < 4.78 is 0. The summed E-state index contributed by atoms with van der Waals surface area (Å²) in [5.41, 5.74) is 1.18. The average Bonchev–Trinajstić information content (AvgIpc) is 2.98. The van der Waals surface area contributed by atoms with Crippen molar-refractivity contribution < 1.29 is 9.90 Å². The first-order valence-corrected chi connectivity index (χ1v) is 7.67. The molecule has 2 rings (SSSR count). The molecule has 110 valence electrons. The zero-order chi connectivity index (χ0) is 14.4. The number of aliphatic hydroxyl groups excluding tert-OH is 1. The van der Waals surface area contributed by atoms with Crippen LogP contribution >= 0.6 is 0 Å². The zero-order valence-corrected chi connectivity index (χ0v) is 12.2. The van der Waals surface area contributed by atoms with E-state index < -0.39 is 0 Å². The molecule has 1 aromatic carbocycles. The van der Waals surface area contributed by atoms with E-state index in [1.165, 1.54) is 18.4 Å². The minimum absolute atomic E-state index is 0.182. The highest BCUT2D eigenvalue weighted by Gasteiger charge is 2.23. The zero-order valence-electron chi connectivity index (χ0n) is 12.2. The molecule has 0 unspecified atom stereocenters. The van der Waals surface area contributed by atoms with Gasteiger partial charge in [0.25, 0.3) is 0 Å². The number of hydrogen-bond acceptors (Lipinski definition) is 2. The first kappa shape index (κ1) is 15.0. The molecule has 0 radical (unpaired) electrons. The Morgan fingerprint density at radius 3 is 2.55 bits per heavy atom. The minimum atomic E-state index is -0.358. The van der Waals surface area contributed by atoms with E-state index >= 15 is 0 Å². The van der Waals surface area contributed by atoms with E-state index in [4.69, 9.17) is 0 Å². The van der Waals surface area contributed by atoms with Crippen LogP contribution in [0.4, 0.5) is 0 Å². The van der Waals surface area contributed by atoms with Crippen LogP contribution in [0.5, 0.6) is 0 Å². The van der Waals surface area contributed by atoms with E-state index in [0.29, 0.717) is 13.0 Å². The molecule has 3 heteroatoms. The number of hydrogen-bond donors (Lipinski definition) is 2. The van der Waals surface area contributed by atoms with Gasteiger partial charge in [-0.25, -0.2) is 0 Å². The maximum Gasteiger partial charge on any atom is 0.223 e. The number of nitrogens with one attached hydrogen (secondary N) is 1. The van der Waals surface area contributed by atoms with E-state index in [2.05, 4.69) is 17.4 Å². The van der Waals surface area contributed by atoms with Gasteiger partial charge in [-0.3, -0.25) is 4.79 Å². The predicted octanol–water partition coefficient (Wildman–Crippen LogP) is 2.85. The lowest BCUT2D eigenvalue weighted by molar-refractivity contribution is -0.124. The summed E-state index contributed by atoms with van der Waals surface area (Å²) >= 11 is 0. The highest BCUT2D eigenvalue weighted by atomic mass is 16.3. The lowest BCUT2D eigenvalue weighted by Gasteiger charge is -2.20. The molecule has 2 N–H and O–H groups in total. The molecule has 1 amide bonds. The molecule has 1 aliphatic carbocycles. The maximum atomic E-state index is 12.1. The quantitative estimate of drug-likeness (QED) is 0.838. The number of carbonyl (C=O) groups excluding carboxylic acids is 1. The molecule has 0 spiro atoms. The fraction of sp³-hybridized carbons (Fsp3) is 0.588. The van der Waals surface area contributed by atoms with Crippen molar-refractivity contribution in [1.29, 1.82) is 0 Å². The third-order valence-electron chi connectivity index (χ3n) is 4.15. The highest BCUT2D eigenvalue weighted by Crippen LogP contribution is 2.25. The Hall–Kier alpha value is -1.35. The summed E-state index contributed by atoms with van der Waals surface area (Å²) in [6, 6.07) is 10.1. The van der Waals surface area contributed by atoms with Gasteiger partial charge in [0, 0.05) is 18.4 Å². The summed E-state index contributed by atoms with van der Waals surface area (Å²) in [6.07, 6.45) is 4.72. The van der Waals surface area contributed by atoms with E-state index in [1.54, 1.807) is 6.92 Å². The molecular formula is C17H25NO2. The van der Waals surface area contributed by atoms with Crippen molar-refractivity contribution in [2.24, 2.45) is 5.92 Å². The third kappa shape index (κ3) is 4.34. The molecular weight excluding hydrogens is 250 g/mol. The summed E-state index contributed by atoms with van der Waals surface area (Å²) in [4.78, 5) is 12.1. The Labute approximate surface area is 121 Å². The van der Waals surface area contributed by atoms with E-state index in [1.807, 2.05) is 18.2 Å². The van der Waals surface area contributed by atoms with Crippen LogP contribution in [0.1, 0.15) is 50.5 Å². The van der Waals surface area contributed by atoms with Crippen LogP contribution in [0, 0.1) is 5.92 Å². The Morgan fingerprint density at radius 1 is 1.30 bits per heavy atom. The molecule has 0 saturated heterocycles. The second-order valence-electron chi connectivity index (χ2n) is 5.92. The van der Waals surface area contributed by atoms with Crippen LogP contribution in [0.3, 0.4) is 0 Å². The summed E-state index contributed by atoms with van der Waals surface area (Å²) in [5, 5.41) is 12.7. The van der Waals surface area contributed by atoms with Crippen LogP contribution < -0.4 is 5.32 Å². The minimum Gasteiger partial charge on any atom is -0.393 e. The Kier molecular flexibility index (Phi) is 5.60. The average molecular weight is 275 g/mol. The number of rotatable bonds is 6. The lowest BCUT2D eigenvalue weighted by Crippen LogP contribution is -2.33. The van der Waals surface area contributed by atoms with Crippen LogP contribution in [0.15, 0.2) is 30.3 Å². The van der Waals surface area contributed by atoms with Crippen molar-refractivity contribution in [3.05, 3.63) is 35.9 Å². The highest BCUT2D eigenvalue weighted by molar-refractivity contribution is 5.78. The Bertz CT molecular complexity index is 410. The van der Waals surface area contributed by atoms with Crippen LogP contribution in [0.25, 0.3) is 0 Å². The third-order valence-corrected chi connectivity index (χ3v) is 4.15. The monoisotopic (exact) mass is 275 g/mol. The van der Waals surface area contributed by atoms with Crippen molar-refractivity contribution in [3.63, 3.8) is 0 Å². The standard InChI is InChI=1S/C17H25NO2/c1-13(19)11-16(14-7-3-2-4-8-14)12-18-17(20)15-9-5-6-10-15/h2-4,7-8,13,15-16,19H,5-6,9-12H2,1H3,(H,18,20)/t13-,16+/m1/s1. The van der Waals surface area contributed by atoms with E-state index in [0.717, 1.165) is 12.8 Å². The first-order chi connectivity index (χ1) is 9.66. The lowest BCUT2D eigenvalue weighted by atomic mass is 9.93. The number of carbonyl (C=O) groups is 1. The van der Waals surface area contributed by atoms with Crippen LogP contribution in [0.2, 0.25) is 0 Å². The van der Waals surface area contributed by atoms with Gasteiger partial charge < -0.3 is 10.4 Å². The molecule has 3 nitrogen and oxygen atoms in total. The molecule has 1 aromatic rings. The molecule has 20 heavy (non-hydrogen) atoms. The Morgan fingerprint density at radius 2 is 1.95 bits per heavy atom. The Balaban J connectivity index is 1.92. The molecule has 2 atom stereocenters. The van der Waals surface area contributed by atoms with Crippen molar-refractivity contribution in [3.8, 4) is 0 Å². The SMILES string of the molecule is C[C@@H](O)C[C@@H](CNC(=O)C1CCCC1)c1ccccc1. The molecule has 1 aliphatic rings. The van der Waals surface area contributed by atoms with Gasteiger partial charge >= 0.3 is 0 Å². The smallest absolute Gasteiger partial charge is 0.223 e. The second kappa shape index (κ2) is 7.44. The molecule has 1 saturated carbocycles. The van der Waals surface area contributed by atoms with Gasteiger partial charge in [0.1, 0.15) is 0 Å². The fourth-order valence-electron chi connectivity index (χ4n) is 3.03. The topological polar surface area (TPSA) is 49.3 Å². The van der Waals surface area contributed by atoms with Crippen molar-refractivity contribution in [2.75, 3.05) is 6.54 Å².